The maximum atomic E-state index is 4.57. The van der Waals surface area contributed by atoms with Crippen LogP contribution in [-0.2, 0) is 21.3 Å². The number of allylic oxidation sites excluding steroid dienone is 8. The first kappa shape index (κ1) is 18.3. The van der Waals surface area contributed by atoms with E-state index in [0.717, 1.165) is 0 Å². The van der Waals surface area contributed by atoms with Gasteiger partial charge in [0.2, 0.25) is 0 Å². The SMILES string of the molecule is [CH2]=[Zr+2]([C]1=CC(C)=CC1)[C]1=C(C)C(C)=C(C)C1.[Cl-].[Cl-]. The summed E-state index contributed by atoms with van der Waals surface area (Å²) in [4.78, 5) is 0. The molecule has 2 aliphatic carbocycles. The van der Waals surface area contributed by atoms with Gasteiger partial charge in [0.1, 0.15) is 0 Å². The largest absolute Gasteiger partial charge is 1.00 e. The molecule has 0 heterocycles. The minimum absolute atomic E-state index is 0. The van der Waals surface area contributed by atoms with Crippen molar-refractivity contribution < 1.29 is 46.1 Å². The average molecular weight is 362 g/mol. The molecule has 98 valence electrons. The molecule has 18 heavy (non-hydrogen) atoms. The van der Waals surface area contributed by atoms with Crippen LogP contribution in [0.25, 0.3) is 0 Å². The Hall–Kier alpha value is 0.293. The van der Waals surface area contributed by atoms with Crippen LogP contribution in [0.5, 0.6) is 0 Å². The van der Waals surface area contributed by atoms with Crippen molar-refractivity contribution in [3.63, 3.8) is 0 Å². The van der Waals surface area contributed by atoms with Crippen LogP contribution < -0.4 is 24.8 Å². The summed E-state index contributed by atoms with van der Waals surface area (Å²) in [5.41, 5.74) is 6.10. The fourth-order valence-electron chi connectivity index (χ4n) is 2.48. The van der Waals surface area contributed by atoms with Crippen LogP contribution >= 0.6 is 0 Å². The van der Waals surface area contributed by atoms with E-state index >= 15 is 0 Å². The zero-order valence-electron chi connectivity index (χ0n) is 11.5. The van der Waals surface area contributed by atoms with Crippen molar-refractivity contribution in [2.45, 2.75) is 40.5 Å². The van der Waals surface area contributed by atoms with Crippen LogP contribution in [0.3, 0.4) is 0 Å². The summed E-state index contributed by atoms with van der Waals surface area (Å²) < 4.78 is 7.97. The predicted octanol–water partition coefficient (Wildman–Crippen LogP) is -1.71. The van der Waals surface area contributed by atoms with Gasteiger partial charge in [-0.2, -0.15) is 0 Å². The van der Waals surface area contributed by atoms with Crippen molar-refractivity contribution in [3.05, 3.63) is 41.0 Å². The van der Waals surface area contributed by atoms with Gasteiger partial charge in [0.25, 0.3) is 0 Å². The molecule has 0 aromatic rings. The van der Waals surface area contributed by atoms with E-state index in [1.54, 1.807) is 17.7 Å². The van der Waals surface area contributed by atoms with E-state index < -0.39 is 21.3 Å². The second-order valence-corrected chi connectivity index (χ2v) is 10.4. The first-order valence-electron chi connectivity index (χ1n) is 5.94. The molecule has 2 rings (SSSR count). The molecule has 3 heteroatoms. The zero-order chi connectivity index (χ0) is 11.9. The van der Waals surface area contributed by atoms with Crippen molar-refractivity contribution in [2.24, 2.45) is 0 Å². The minimum Gasteiger partial charge on any atom is -1.00 e. The monoisotopic (exact) mass is 360 g/mol. The van der Waals surface area contributed by atoms with E-state index in [1.807, 2.05) is 0 Å². The maximum absolute atomic E-state index is 4.57. The molecule has 0 fully saturated rings. The summed E-state index contributed by atoms with van der Waals surface area (Å²) in [5.74, 6) is 0. The van der Waals surface area contributed by atoms with Crippen molar-refractivity contribution in [1.82, 2.24) is 0 Å². The Kier molecular flexibility index (Phi) is 7.29. The van der Waals surface area contributed by atoms with Gasteiger partial charge in [-0.05, 0) is 0 Å². The number of hydrogen-bond acceptors (Lipinski definition) is 0. The molecule has 2 aliphatic rings. The molecular weight excluding hydrogens is 342 g/mol. The standard InChI is InChI=1S/C8H11.C6H7.CH2.2ClH.Zr/c1-6-4-5-7(2)8(6)3;1-6-4-2-3-5-6;;;;/h4H2,1-3H3;4-5H,2H2,1H3;1H2;2*1H;/q;;;;;+2/p-2. The van der Waals surface area contributed by atoms with Crippen LogP contribution in [0.1, 0.15) is 40.5 Å². The second kappa shape index (κ2) is 7.18. The molecule has 0 unspecified atom stereocenters. The second-order valence-electron chi connectivity index (χ2n) is 4.99. The average Bonchev–Trinajstić information content (AvgIpc) is 2.78. The van der Waals surface area contributed by atoms with Crippen molar-refractivity contribution >= 4 is 4.21 Å². The molecule has 0 N–H and O–H groups in total. The van der Waals surface area contributed by atoms with E-state index in [9.17, 15) is 0 Å². The molecule has 0 spiro atoms. The van der Waals surface area contributed by atoms with E-state index in [0.29, 0.717) is 0 Å². The summed E-state index contributed by atoms with van der Waals surface area (Å²) in [6, 6.07) is 0. The van der Waals surface area contributed by atoms with E-state index in [4.69, 9.17) is 0 Å². The minimum atomic E-state index is -1.69. The molecule has 0 amide bonds. The summed E-state index contributed by atoms with van der Waals surface area (Å²) in [6.45, 7) is 9.03. The fourth-order valence-corrected chi connectivity index (χ4v) is 8.02. The van der Waals surface area contributed by atoms with E-state index in [1.165, 1.54) is 24.0 Å². The molecular formula is C15H20Cl2Zr. The molecule has 0 radical (unpaired) electrons. The van der Waals surface area contributed by atoms with E-state index in [2.05, 4.69) is 44.1 Å². The Labute approximate surface area is 131 Å². The van der Waals surface area contributed by atoms with Gasteiger partial charge in [-0.3, -0.25) is 0 Å². The van der Waals surface area contributed by atoms with Crippen LogP contribution in [-0.4, -0.2) is 4.21 Å². The third-order valence-electron chi connectivity index (χ3n) is 3.90. The van der Waals surface area contributed by atoms with Gasteiger partial charge < -0.3 is 24.8 Å². The smallest absolute Gasteiger partial charge is 1.00 e. The van der Waals surface area contributed by atoms with Crippen LogP contribution in [0.2, 0.25) is 0 Å². The zero-order valence-corrected chi connectivity index (χ0v) is 15.5. The molecule has 0 saturated carbocycles. The molecule has 0 saturated heterocycles. The van der Waals surface area contributed by atoms with Gasteiger partial charge in [0.05, 0.1) is 0 Å². The third-order valence-corrected chi connectivity index (χ3v) is 9.80. The number of halogens is 2. The Balaban J connectivity index is 0.00000144. The summed E-state index contributed by atoms with van der Waals surface area (Å²) in [5, 5.41) is 0. The van der Waals surface area contributed by atoms with Crippen molar-refractivity contribution in [3.8, 4) is 0 Å². The van der Waals surface area contributed by atoms with E-state index in [-0.39, 0.29) is 24.8 Å². The van der Waals surface area contributed by atoms with Crippen LogP contribution in [0.15, 0.2) is 41.0 Å². The van der Waals surface area contributed by atoms with Gasteiger partial charge in [-0.1, -0.05) is 0 Å². The number of rotatable bonds is 2. The van der Waals surface area contributed by atoms with Gasteiger partial charge in [0.15, 0.2) is 0 Å². The quantitative estimate of drug-likeness (QED) is 0.549. The molecule has 0 aromatic carbocycles. The molecule has 0 aliphatic heterocycles. The Morgan fingerprint density at radius 1 is 1.06 bits per heavy atom. The molecule has 0 atom stereocenters. The summed E-state index contributed by atoms with van der Waals surface area (Å²) in [7, 11) is 0. The molecule has 0 bridgehead atoms. The topological polar surface area (TPSA) is 0 Å². The molecule has 0 aromatic heterocycles. The summed E-state index contributed by atoms with van der Waals surface area (Å²) >= 11 is -1.69. The Bertz CT molecular complexity index is 491. The van der Waals surface area contributed by atoms with Crippen molar-refractivity contribution in [2.75, 3.05) is 0 Å². The maximum Gasteiger partial charge on any atom is -1.00 e. The Morgan fingerprint density at radius 2 is 1.67 bits per heavy atom. The van der Waals surface area contributed by atoms with Crippen molar-refractivity contribution in [1.29, 1.82) is 0 Å². The number of hydrogen-bond donors (Lipinski definition) is 0. The Morgan fingerprint density at radius 3 is 2.06 bits per heavy atom. The molecule has 0 nitrogen and oxygen atoms in total. The first-order valence-corrected chi connectivity index (χ1v) is 10.1. The predicted molar refractivity (Wildman–Crippen MR) is 69.3 cm³/mol. The first-order chi connectivity index (χ1) is 7.50. The van der Waals surface area contributed by atoms with Gasteiger partial charge in [-0.25, -0.2) is 0 Å². The van der Waals surface area contributed by atoms with Gasteiger partial charge in [-0.15, -0.1) is 0 Å². The summed E-state index contributed by atoms with van der Waals surface area (Å²) in [6.07, 6.45) is 7.13. The third kappa shape index (κ3) is 3.44. The van der Waals surface area contributed by atoms with Gasteiger partial charge in [0, 0.05) is 0 Å². The van der Waals surface area contributed by atoms with Gasteiger partial charge >= 0.3 is 107 Å². The van der Waals surface area contributed by atoms with Crippen LogP contribution in [0.4, 0.5) is 0 Å². The van der Waals surface area contributed by atoms with Crippen LogP contribution in [0, 0.1) is 0 Å². The fraction of sp³-hybridized carbons (Fsp3) is 0.400. The normalized spacial score (nSPS) is 17.7.